The molecule has 0 amide bonds. The SMILES string of the molecule is CC(C)(C)c1ccc(CC(CCl)c2cccc(Cl)c2)cc1. The van der Waals surface area contributed by atoms with Gasteiger partial charge in [0.25, 0.3) is 0 Å². The van der Waals surface area contributed by atoms with Gasteiger partial charge in [-0.1, -0.05) is 68.8 Å². The van der Waals surface area contributed by atoms with Crippen LogP contribution in [0.3, 0.4) is 0 Å². The molecule has 0 N–H and O–H groups in total. The van der Waals surface area contributed by atoms with Crippen LogP contribution < -0.4 is 0 Å². The summed E-state index contributed by atoms with van der Waals surface area (Å²) in [7, 11) is 0. The van der Waals surface area contributed by atoms with Gasteiger partial charge in [-0.3, -0.25) is 0 Å². The lowest BCUT2D eigenvalue weighted by molar-refractivity contribution is 0.589. The highest BCUT2D eigenvalue weighted by Gasteiger charge is 2.15. The van der Waals surface area contributed by atoms with E-state index in [1.807, 2.05) is 18.2 Å². The van der Waals surface area contributed by atoms with E-state index in [-0.39, 0.29) is 5.41 Å². The molecule has 0 saturated carbocycles. The summed E-state index contributed by atoms with van der Waals surface area (Å²) in [4.78, 5) is 0. The Bertz CT molecular complexity index is 579. The van der Waals surface area contributed by atoms with Crippen molar-refractivity contribution in [3.63, 3.8) is 0 Å². The zero-order valence-corrected chi connectivity index (χ0v) is 14.4. The lowest BCUT2D eigenvalue weighted by Crippen LogP contribution is -2.11. The highest BCUT2D eigenvalue weighted by molar-refractivity contribution is 6.30. The van der Waals surface area contributed by atoms with Crippen molar-refractivity contribution in [3.05, 3.63) is 70.2 Å². The van der Waals surface area contributed by atoms with Crippen molar-refractivity contribution in [1.82, 2.24) is 0 Å². The predicted molar refractivity (Wildman–Crippen MR) is 93.8 cm³/mol. The first-order valence-corrected chi connectivity index (χ1v) is 8.22. The Hall–Kier alpha value is -0.980. The lowest BCUT2D eigenvalue weighted by Gasteiger charge is -2.20. The standard InChI is InChI=1S/C19H22Cl2/c1-19(2,3)17-9-7-14(8-10-17)11-16(13-20)15-5-4-6-18(21)12-15/h4-10,12,16H,11,13H2,1-3H3. The first kappa shape index (κ1) is 16.4. The normalized spacial score (nSPS) is 13.2. The molecule has 2 aromatic rings. The Kier molecular flexibility index (Phi) is 5.35. The fourth-order valence-electron chi connectivity index (χ4n) is 2.45. The van der Waals surface area contributed by atoms with Gasteiger partial charge in [0.05, 0.1) is 0 Å². The van der Waals surface area contributed by atoms with Gasteiger partial charge in [-0.2, -0.15) is 0 Å². The van der Waals surface area contributed by atoms with Crippen molar-refractivity contribution in [1.29, 1.82) is 0 Å². The number of rotatable bonds is 4. The Morgan fingerprint density at radius 3 is 2.19 bits per heavy atom. The van der Waals surface area contributed by atoms with E-state index in [1.165, 1.54) is 16.7 Å². The van der Waals surface area contributed by atoms with Crippen LogP contribution in [0.15, 0.2) is 48.5 Å². The van der Waals surface area contributed by atoms with Crippen LogP contribution in [0.1, 0.15) is 43.4 Å². The molecule has 0 aromatic heterocycles. The zero-order chi connectivity index (χ0) is 15.5. The summed E-state index contributed by atoms with van der Waals surface area (Å²) in [6.07, 6.45) is 0.939. The fourth-order valence-corrected chi connectivity index (χ4v) is 2.93. The molecule has 0 bridgehead atoms. The average Bonchev–Trinajstić information content (AvgIpc) is 2.44. The van der Waals surface area contributed by atoms with E-state index >= 15 is 0 Å². The lowest BCUT2D eigenvalue weighted by atomic mass is 9.85. The number of benzene rings is 2. The smallest absolute Gasteiger partial charge is 0.0408 e. The third kappa shape index (κ3) is 4.49. The summed E-state index contributed by atoms with van der Waals surface area (Å²) in [5.74, 6) is 0.896. The van der Waals surface area contributed by atoms with E-state index in [4.69, 9.17) is 23.2 Å². The minimum Gasteiger partial charge on any atom is -0.126 e. The highest BCUT2D eigenvalue weighted by atomic mass is 35.5. The molecule has 0 aliphatic heterocycles. The summed E-state index contributed by atoms with van der Waals surface area (Å²) >= 11 is 12.2. The number of hydrogen-bond donors (Lipinski definition) is 0. The Balaban J connectivity index is 2.15. The van der Waals surface area contributed by atoms with Crippen molar-refractivity contribution in [2.75, 3.05) is 5.88 Å². The monoisotopic (exact) mass is 320 g/mol. The van der Waals surface area contributed by atoms with Crippen molar-refractivity contribution >= 4 is 23.2 Å². The first-order valence-electron chi connectivity index (χ1n) is 7.31. The topological polar surface area (TPSA) is 0 Å². The Labute approximate surface area is 138 Å². The largest absolute Gasteiger partial charge is 0.126 e. The molecule has 0 nitrogen and oxygen atoms in total. The van der Waals surface area contributed by atoms with Crippen LogP contribution in [0, 0.1) is 0 Å². The number of halogens is 2. The maximum absolute atomic E-state index is 6.17. The van der Waals surface area contributed by atoms with Crippen LogP contribution in [0.2, 0.25) is 5.02 Å². The molecule has 2 rings (SSSR count). The minimum absolute atomic E-state index is 0.192. The summed E-state index contributed by atoms with van der Waals surface area (Å²) < 4.78 is 0. The molecule has 2 heteroatoms. The molecular formula is C19H22Cl2. The Morgan fingerprint density at radius 1 is 1.00 bits per heavy atom. The molecule has 2 aromatic carbocycles. The molecule has 112 valence electrons. The van der Waals surface area contributed by atoms with Gasteiger partial charge in [0.1, 0.15) is 0 Å². The minimum atomic E-state index is 0.192. The highest BCUT2D eigenvalue weighted by Crippen LogP contribution is 2.27. The maximum atomic E-state index is 6.17. The van der Waals surface area contributed by atoms with Gasteiger partial charge in [0.15, 0.2) is 0 Å². The first-order chi connectivity index (χ1) is 9.90. The van der Waals surface area contributed by atoms with E-state index in [1.54, 1.807) is 0 Å². The van der Waals surface area contributed by atoms with Crippen LogP contribution in [0.4, 0.5) is 0 Å². The molecule has 1 unspecified atom stereocenters. The molecule has 0 heterocycles. The van der Waals surface area contributed by atoms with E-state index in [2.05, 4.69) is 51.1 Å². The molecule has 0 aliphatic carbocycles. The van der Waals surface area contributed by atoms with Gasteiger partial charge in [0, 0.05) is 16.8 Å². The van der Waals surface area contributed by atoms with Crippen LogP contribution in [-0.2, 0) is 11.8 Å². The molecule has 0 fully saturated rings. The summed E-state index contributed by atoms with van der Waals surface area (Å²) in [5, 5.41) is 0.769. The van der Waals surface area contributed by atoms with E-state index in [0.29, 0.717) is 11.8 Å². The van der Waals surface area contributed by atoms with Gasteiger partial charge in [-0.25, -0.2) is 0 Å². The summed E-state index contributed by atoms with van der Waals surface area (Å²) in [6, 6.07) is 16.9. The molecule has 0 aliphatic rings. The molecule has 1 atom stereocenters. The molecular weight excluding hydrogens is 299 g/mol. The van der Waals surface area contributed by atoms with Crippen molar-refractivity contribution in [2.24, 2.45) is 0 Å². The van der Waals surface area contributed by atoms with Crippen LogP contribution in [0.5, 0.6) is 0 Å². The molecule has 0 saturated heterocycles. The van der Waals surface area contributed by atoms with E-state index in [9.17, 15) is 0 Å². The average molecular weight is 321 g/mol. The third-order valence-electron chi connectivity index (χ3n) is 3.81. The van der Waals surface area contributed by atoms with Crippen LogP contribution >= 0.6 is 23.2 Å². The molecule has 21 heavy (non-hydrogen) atoms. The van der Waals surface area contributed by atoms with E-state index < -0.39 is 0 Å². The van der Waals surface area contributed by atoms with Gasteiger partial charge in [-0.05, 0) is 40.7 Å². The molecule has 0 spiro atoms. The number of alkyl halides is 1. The van der Waals surface area contributed by atoms with Gasteiger partial charge in [-0.15, -0.1) is 11.6 Å². The second-order valence-corrected chi connectivity index (χ2v) is 7.30. The van der Waals surface area contributed by atoms with Gasteiger partial charge >= 0.3 is 0 Å². The second kappa shape index (κ2) is 6.85. The molecule has 0 radical (unpaired) electrons. The van der Waals surface area contributed by atoms with E-state index in [0.717, 1.165) is 11.4 Å². The van der Waals surface area contributed by atoms with Crippen molar-refractivity contribution in [3.8, 4) is 0 Å². The van der Waals surface area contributed by atoms with Crippen LogP contribution in [-0.4, -0.2) is 5.88 Å². The summed E-state index contributed by atoms with van der Waals surface area (Å²) in [5.41, 5.74) is 4.07. The fraction of sp³-hybridized carbons (Fsp3) is 0.368. The predicted octanol–water partition coefficient (Wildman–Crippen LogP) is 6.20. The zero-order valence-electron chi connectivity index (χ0n) is 12.9. The maximum Gasteiger partial charge on any atom is 0.0408 e. The second-order valence-electron chi connectivity index (χ2n) is 6.56. The quantitative estimate of drug-likeness (QED) is 0.588. The summed E-state index contributed by atoms with van der Waals surface area (Å²) in [6.45, 7) is 6.70. The Morgan fingerprint density at radius 2 is 1.67 bits per heavy atom. The van der Waals surface area contributed by atoms with Gasteiger partial charge < -0.3 is 0 Å². The third-order valence-corrected chi connectivity index (χ3v) is 4.42. The van der Waals surface area contributed by atoms with Crippen molar-refractivity contribution < 1.29 is 0 Å². The van der Waals surface area contributed by atoms with Crippen LogP contribution in [0.25, 0.3) is 0 Å². The van der Waals surface area contributed by atoms with Crippen molar-refractivity contribution in [2.45, 2.75) is 38.5 Å². The number of hydrogen-bond acceptors (Lipinski definition) is 0. The van der Waals surface area contributed by atoms with Gasteiger partial charge in [0.2, 0.25) is 0 Å².